The van der Waals surface area contributed by atoms with Crippen molar-refractivity contribution in [3.63, 3.8) is 0 Å². The molecule has 1 N–H and O–H groups in total. The van der Waals surface area contributed by atoms with Crippen LogP contribution in [0.3, 0.4) is 0 Å². The van der Waals surface area contributed by atoms with Crippen LogP contribution in [0.4, 0.5) is 8.78 Å². The van der Waals surface area contributed by atoms with E-state index in [1.807, 2.05) is 22.8 Å². The fourth-order valence-corrected chi connectivity index (χ4v) is 4.16. The molecule has 2 heterocycles. The number of carbonyl (C=O) groups is 1. The van der Waals surface area contributed by atoms with Crippen molar-refractivity contribution in [2.75, 3.05) is 0 Å². The average molecular weight is 467 g/mol. The second-order valence-corrected chi connectivity index (χ2v) is 8.11. The molecule has 0 atom stereocenters. The van der Waals surface area contributed by atoms with E-state index in [0.717, 1.165) is 12.1 Å². The second kappa shape index (κ2) is 8.67. The maximum absolute atomic E-state index is 13.9. The van der Waals surface area contributed by atoms with Crippen LogP contribution in [0.5, 0.6) is 0 Å². The molecule has 1 aliphatic rings. The molecule has 1 saturated carbocycles. The van der Waals surface area contributed by atoms with Crippen molar-refractivity contribution >= 4 is 17.5 Å². The number of aromatic nitrogens is 5. The summed E-state index contributed by atoms with van der Waals surface area (Å²) in [6.45, 7) is 0. The lowest BCUT2D eigenvalue weighted by Gasteiger charge is -2.35. The van der Waals surface area contributed by atoms with Crippen molar-refractivity contribution in [1.29, 1.82) is 0 Å². The zero-order chi connectivity index (χ0) is 22.9. The number of nitrogens with zero attached hydrogens (tertiary/aromatic N) is 5. The van der Waals surface area contributed by atoms with Crippen molar-refractivity contribution in [3.05, 3.63) is 89.1 Å². The Balaban J connectivity index is 1.41. The predicted molar refractivity (Wildman–Crippen MR) is 117 cm³/mol. The van der Waals surface area contributed by atoms with Crippen LogP contribution in [0.25, 0.3) is 17.2 Å². The minimum atomic E-state index is -0.892. The summed E-state index contributed by atoms with van der Waals surface area (Å²) < 4.78 is 29.7. The van der Waals surface area contributed by atoms with Gasteiger partial charge < -0.3 is 5.32 Å². The molecule has 0 unspecified atom stereocenters. The summed E-state index contributed by atoms with van der Waals surface area (Å²) in [6, 6.07) is 12.1. The number of nitrogens with one attached hydrogen (secondary N) is 1. The Labute approximate surface area is 192 Å². The van der Waals surface area contributed by atoms with Gasteiger partial charge in [-0.2, -0.15) is 0 Å². The predicted octanol–water partition coefficient (Wildman–Crippen LogP) is 4.33. The van der Waals surface area contributed by atoms with Gasteiger partial charge in [0, 0.05) is 18.2 Å². The molecule has 0 saturated heterocycles. The molecule has 0 aliphatic heterocycles. The van der Waals surface area contributed by atoms with Gasteiger partial charge in [0.05, 0.1) is 10.7 Å². The second-order valence-electron chi connectivity index (χ2n) is 7.70. The summed E-state index contributed by atoms with van der Waals surface area (Å²) in [4.78, 5) is 20.6. The zero-order valence-electron chi connectivity index (χ0n) is 17.1. The minimum Gasteiger partial charge on any atom is -0.349 e. The van der Waals surface area contributed by atoms with Gasteiger partial charge in [0.1, 0.15) is 35.0 Å². The number of benzene rings is 2. The number of carbonyl (C=O) groups excluding carboxylic acids is 1. The normalized spacial score (nSPS) is 17.4. The van der Waals surface area contributed by atoms with Crippen LogP contribution in [0.15, 0.2) is 61.1 Å². The van der Waals surface area contributed by atoms with Crippen LogP contribution in [-0.2, 0) is 0 Å². The highest BCUT2D eigenvalue weighted by atomic mass is 35.5. The highest BCUT2D eigenvalue weighted by Crippen LogP contribution is 2.39. The lowest BCUT2D eigenvalue weighted by molar-refractivity contribution is 0.0898. The Morgan fingerprint density at radius 3 is 2.48 bits per heavy atom. The Morgan fingerprint density at radius 2 is 1.79 bits per heavy atom. The molecular formula is C23H17ClF2N6O. The first-order valence-electron chi connectivity index (χ1n) is 10.2. The lowest BCUT2D eigenvalue weighted by Crippen LogP contribution is -2.44. The molecule has 7 nitrogen and oxygen atoms in total. The molecule has 1 amide bonds. The quantitative estimate of drug-likeness (QED) is 0.473. The number of hydrogen-bond donors (Lipinski definition) is 1. The average Bonchev–Trinajstić information content (AvgIpc) is 3.21. The van der Waals surface area contributed by atoms with Gasteiger partial charge in [-0.25, -0.2) is 18.7 Å². The van der Waals surface area contributed by atoms with Crippen LogP contribution < -0.4 is 5.32 Å². The Bertz CT molecular complexity index is 1300. The van der Waals surface area contributed by atoms with Crippen molar-refractivity contribution < 1.29 is 13.6 Å². The molecule has 4 aromatic rings. The largest absolute Gasteiger partial charge is 0.349 e. The van der Waals surface area contributed by atoms with E-state index >= 15 is 0 Å². The molecule has 0 spiro atoms. The van der Waals surface area contributed by atoms with Crippen LogP contribution in [-0.4, -0.2) is 36.7 Å². The Morgan fingerprint density at radius 1 is 1.03 bits per heavy atom. The third kappa shape index (κ3) is 3.95. The summed E-state index contributed by atoms with van der Waals surface area (Å²) in [6.07, 6.45) is 4.12. The fourth-order valence-electron chi connectivity index (χ4n) is 3.94. The minimum absolute atomic E-state index is 0.0415. The van der Waals surface area contributed by atoms with E-state index in [4.69, 9.17) is 11.6 Å². The van der Waals surface area contributed by atoms with Crippen LogP contribution in [0, 0.1) is 11.6 Å². The summed E-state index contributed by atoms with van der Waals surface area (Å²) in [5, 5.41) is 12.0. The lowest BCUT2D eigenvalue weighted by atomic mass is 9.79. The number of para-hydroxylation sites is 1. The fraction of sp³-hybridized carbons (Fsp3) is 0.174. The maximum Gasteiger partial charge on any atom is 0.257 e. The molecule has 1 fully saturated rings. The van der Waals surface area contributed by atoms with Crippen molar-refractivity contribution in [2.24, 2.45) is 0 Å². The molecule has 0 radical (unpaired) electrons. The molecule has 5 rings (SSSR count). The molecular weight excluding hydrogens is 450 g/mol. The summed E-state index contributed by atoms with van der Waals surface area (Å²) in [7, 11) is 0. The standard InChI is InChI=1S/C23H17ClF2N6O/c24-15-4-1-2-7-19(15)32-21(30-31-22(32)18-8-9-27-12-28-18)13-10-14(11-13)29-23(33)20-16(25)5-3-6-17(20)26/h1-9,12-14H,10-11H2,(H,29,33). The third-order valence-corrected chi connectivity index (χ3v) is 5.94. The smallest absolute Gasteiger partial charge is 0.257 e. The first kappa shape index (κ1) is 21.1. The molecule has 10 heteroatoms. The Kier molecular flexibility index (Phi) is 5.55. The van der Waals surface area contributed by atoms with Gasteiger partial charge in [-0.3, -0.25) is 9.36 Å². The van der Waals surface area contributed by atoms with Gasteiger partial charge in [-0.05, 0) is 43.2 Å². The molecule has 166 valence electrons. The summed E-state index contributed by atoms with van der Waals surface area (Å²) in [5.41, 5.74) is 0.711. The first-order valence-corrected chi connectivity index (χ1v) is 10.6. The Hall–Kier alpha value is -3.72. The van der Waals surface area contributed by atoms with E-state index in [9.17, 15) is 13.6 Å². The number of halogens is 3. The van der Waals surface area contributed by atoms with E-state index in [1.165, 1.54) is 12.4 Å². The summed E-state index contributed by atoms with van der Waals surface area (Å²) in [5.74, 6) is -1.42. The van der Waals surface area contributed by atoms with Gasteiger partial charge >= 0.3 is 0 Å². The van der Waals surface area contributed by atoms with E-state index in [0.29, 0.717) is 40.9 Å². The van der Waals surface area contributed by atoms with Gasteiger partial charge in [-0.1, -0.05) is 29.8 Å². The van der Waals surface area contributed by atoms with Gasteiger partial charge in [0.2, 0.25) is 0 Å². The molecule has 2 aromatic heterocycles. The van der Waals surface area contributed by atoms with Crippen LogP contribution in [0.2, 0.25) is 5.02 Å². The maximum atomic E-state index is 13.9. The number of rotatable bonds is 5. The van der Waals surface area contributed by atoms with E-state index in [1.54, 1.807) is 18.3 Å². The van der Waals surface area contributed by atoms with Gasteiger partial charge in [0.15, 0.2) is 5.82 Å². The topological polar surface area (TPSA) is 85.6 Å². The van der Waals surface area contributed by atoms with Crippen molar-refractivity contribution in [3.8, 4) is 17.2 Å². The monoisotopic (exact) mass is 466 g/mol. The van der Waals surface area contributed by atoms with Gasteiger partial charge in [0.25, 0.3) is 5.91 Å². The highest BCUT2D eigenvalue weighted by molar-refractivity contribution is 6.32. The van der Waals surface area contributed by atoms with E-state index in [2.05, 4.69) is 25.5 Å². The van der Waals surface area contributed by atoms with Crippen molar-refractivity contribution in [2.45, 2.75) is 24.8 Å². The summed E-state index contributed by atoms with van der Waals surface area (Å²) >= 11 is 6.47. The first-order chi connectivity index (χ1) is 16.0. The van der Waals surface area contributed by atoms with Crippen LogP contribution >= 0.6 is 11.6 Å². The zero-order valence-corrected chi connectivity index (χ0v) is 17.9. The highest BCUT2D eigenvalue weighted by Gasteiger charge is 2.37. The molecule has 2 aromatic carbocycles. The third-order valence-electron chi connectivity index (χ3n) is 5.62. The number of hydrogen-bond acceptors (Lipinski definition) is 5. The van der Waals surface area contributed by atoms with Gasteiger partial charge in [-0.15, -0.1) is 10.2 Å². The van der Waals surface area contributed by atoms with E-state index < -0.39 is 23.1 Å². The molecule has 1 aliphatic carbocycles. The van der Waals surface area contributed by atoms with E-state index in [-0.39, 0.29) is 12.0 Å². The SMILES string of the molecule is O=C(NC1CC(c2nnc(-c3ccncn3)n2-c2ccccc2Cl)C1)c1c(F)cccc1F. The molecule has 0 bridgehead atoms. The number of amides is 1. The van der Waals surface area contributed by atoms with Crippen molar-refractivity contribution in [1.82, 2.24) is 30.0 Å². The molecule has 33 heavy (non-hydrogen) atoms. The van der Waals surface area contributed by atoms with Crippen LogP contribution in [0.1, 0.15) is 34.9 Å².